The number of hydrogen-bond acceptors (Lipinski definition) is 2. The second-order valence-corrected chi connectivity index (χ2v) is 5.84. The number of nitrogens with one attached hydrogen (secondary N) is 2. The lowest BCUT2D eigenvalue weighted by Crippen LogP contribution is -2.39. The molecule has 0 aromatic heterocycles. The minimum absolute atomic E-state index is 0.167. The summed E-state index contributed by atoms with van der Waals surface area (Å²) in [5.74, 6) is 0.183. The summed E-state index contributed by atoms with van der Waals surface area (Å²) in [5, 5.41) is 6.23. The van der Waals surface area contributed by atoms with E-state index in [0.29, 0.717) is 6.42 Å². The second-order valence-electron chi connectivity index (χ2n) is 5.84. The topological polar surface area (TPSA) is 41.1 Å². The molecule has 0 atom stereocenters. The van der Waals surface area contributed by atoms with E-state index in [9.17, 15) is 4.79 Å². The molecule has 20 heavy (non-hydrogen) atoms. The number of carbonyl (C=O) groups is 1. The predicted octanol–water partition coefficient (Wildman–Crippen LogP) is 2.61. The van der Waals surface area contributed by atoms with Crippen LogP contribution in [0.4, 0.5) is 0 Å². The molecule has 1 fully saturated rings. The van der Waals surface area contributed by atoms with Crippen LogP contribution < -0.4 is 10.6 Å². The Hall–Kier alpha value is -1.35. The molecule has 110 valence electrons. The fraction of sp³-hybridized carbons (Fsp3) is 0.588. The number of hydrogen-bond donors (Lipinski definition) is 2. The number of rotatable bonds is 7. The summed E-state index contributed by atoms with van der Waals surface area (Å²) in [6, 6.07) is 10.7. The van der Waals surface area contributed by atoms with Gasteiger partial charge in [-0.25, -0.2) is 0 Å². The van der Waals surface area contributed by atoms with E-state index in [1.807, 2.05) is 7.05 Å². The van der Waals surface area contributed by atoms with Crippen molar-refractivity contribution in [2.75, 3.05) is 20.1 Å². The van der Waals surface area contributed by atoms with E-state index in [1.54, 1.807) is 0 Å². The van der Waals surface area contributed by atoms with Gasteiger partial charge in [-0.1, -0.05) is 43.2 Å². The SMILES string of the molecule is CNCCCC(=O)NCC1(c2ccccc2)CCCC1. The average Bonchev–Trinajstić information content (AvgIpc) is 2.97. The van der Waals surface area contributed by atoms with Crippen LogP contribution in [0, 0.1) is 0 Å². The largest absolute Gasteiger partial charge is 0.355 e. The van der Waals surface area contributed by atoms with Crippen molar-refractivity contribution >= 4 is 5.91 Å². The molecule has 0 radical (unpaired) electrons. The van der Waals surface area contributed by atoms with E-state index in [4.69, 9.17) is 0 Å². The average molecular weight is 274 g/mol. The molecule has 3 heteroatoms. The first-order valence-corrected chi connectivity index (χ1v) is 7.74. The Balaban J connectivity index is 1.92. The molecule has 0 unspecified atom stereocenters. The van der Waals surface area contributed by atoms with Gasteiger partial charge in [0, 0.05) is 18.4 Å². The summed E-state index contributed by atoms with van der Waals surface area (Å²) in [6.07, 6.45) is 6.43. The standard InChI is InChI=1S/C17H26N2O/c1-18-13-7-10-16(20)19-14-17(11-5-6-12-17)15-8-3-2-4-9-15/h2-4,8-9,18H,5-7,10-14H2,1H3,(H,19,20). The Kier molecular flexibility index (Phi) is 5.60. The van der Waals surface area contributed by atoms with Crippen LogP contribution in [0.3, 0.4) is 0 Å². The van der Waals surface area contributed by atoms with Gasteiger partial charge >= 0.3 is 0 Å². The van der Waals surface area contributed by atoms with Gasteiger partial charge in [-0.05, 0) is 38.4 Å². The fourth-order valence-corrected chi connectivity index (χ4v) is 3.19. The molecule has 1 amide bonds. The Bertz CT molecular complexity index is 410. The van der Waals surface area contributed by atoms with Crippen molar-refractivity contribution < 1.29 is 4.79 Å². The minimum atomic E-state index is 0.167. The summed E-state index contributed by atoms with van der Waals surface area (Å²) in [7, 11) is 1.92. The molecule has 1 saturated carbocycles. The molecule has 1 aliphatic rings. The van der Waals surface area contributed by atoms with Crippen molar-refractivity contribution in [2.45, 2.75) is 43.9 Å². The van der Waals surface area contributed by atoms with Gasteiger partial charge in [0.1, 0.15) is 0 Å². The number of amides is 1. The Morgan fingerprint density at radius 3 is 2.55 bits per heavy atom. The summed E-state index contributed by atoms with van der Waals surface area (Å²) < 4.78 is 0. The summed E-state index contributed by atoms with van der Waals surface area (Å²) in [5.41, 5.74) is 1.55. The normalized spacial score (nSPS) is 17.1. The van der Waals surface area contributed by atoms with E-state index in [1.165, 1.54) is 31.2 Å². The smallest absolute Gasteiger partial charge is 0.220 e. The van der Waals surface area contributed by atoms with Gasteiger partial charge in [0.25, 0.3) is 0 Å². The van der Waals surface area contributed by atoms with Gasteiger partial charge in [-0.2, -0.15) is 0 Å². The zero-order valence-electron chi connectivity index (χ0n) is 12.5. The predicted molar refractivity (Wildman–Crippen MR) is 82.8 cm³/mol. The highest BCUT2D eigenvalue weighted by Crippen LogP contribution is 2.40. The molecule has 1 aromatic carbocycles. The van der Waals surface area contributed by atoms with Gasteiger partial charge < -0.3 is 10.6 Å². The van der Waals surface area contributed by atoms with E-state index in [0.717, 1.165) is 19.5 Å². The zero-order chi connectivity index (χ0) is 14.3. The number of carbonyl (C=O) groups excluding carboxylic acids is 1. The maximum absolute atomic E-state index is 11.9. The van der Waals surface area contributed by atoms with Gasteiger partial charge in [0.05, 0.1) is 0 Å². The lowest BCUT2D eigenvalue weighted by molar-refractivity contribution is -0.121. The Morgan fingerprint density at radius 2 is 1.90 bits per heavy atom. The van der Waals surface area contributed by atoms with Gasteiger partial charge in [0.15, 0.2) is 0 Å². The minimum Gasteiger partial charge on any atom is -0.355 e. The first-order chi connectivity index (χ1) is 9.77. The van der Waals surface area contributed by atoms with Crippen LogP contribution in [0.2, 0.25) is 0 Å². The third-order valence-electron chi connectivity index (χ3n) is 4.40. The molecular weight excluding hydrogens is 248 g/mol. The van der Waals surface area contributed by atoms with Crippen LogP contribution in [0.5, 0.6) is 0 Å². The van der Waals surface area contributed by atoms with E-state index < -0.39 is 0 Å². The fourth-order valence-electron chi connectivity index (χ4n) is 3.19. The second kappa shape index (κ2) is 7.44. The first-order valence-electron chi connectivity index (χ1n) is 7.74. The molecule has 1 aromatic rings. The summed E-state index contributed by atoms with van der Waals surface area (Å²) in [6.45, 7) is 1.69. The number of benzene rings is 1. The molecule has 0 heterocycles. The summed E-state index contributed by atoms with van der Waals surface area (Å²) >= 11 is 0. The monoisotopic (exact) mass is 274 g/mol. The molecule has 0 spiro atoms. The van der Waals surface area contributed by atoms with E-state index in [2.05, 4.69) is 41.0 Å². The summed E-state index contributed by atoms with van der Waals surface area (Å²) in [4.78, 5) is 11.9. The molecule has 2 N–H and O–H groups in total. The molecule has 0 aliphatic heterocycles. The maximum Gasteiger partial charge on any atom is 0.220 e. The van der Waals surface area contributed by atoms with Gasteiger partial charge in [-0.15, -0.1) is 0 Å². The molecule has 2 rings (SSSR count). The molecule has 3 nitrogen and oxygen atoms in total. The highest BCUT2D eigenvalue weighted by Gasteiger charge is 2.35. The van der Waals surface area contributed by atoms with Crippen LogP contribution in [-0.2, 0) is 10.2 Å². The first kappa shape index (κ1) is 15.0. The van der Waals surface area contributed by atoms with Crippen molar-refractivity contribution in [1.29, 1.82) is 0 Å². The Morgan fingerprint density at radius 1 is 1.20 bits per heavy atom. The highest BCUT2D eigenvalue weighted by molar-refractivity contribution is 5.76. The third-order valence-corrected chi connectivity index (χ3v) is 4.40. The Labute approximate surface area is 122 Å². The highest BCUT2D eigenvalue weighted by atomic mass is 16.1. The lowest BCUT2D eigenvalue weighted by Gasteiger charge is -2.30. The quantitative estimate of drug-likeness (QED) is 0.750. The van der Waals surface area contributed by atoms with Crippen molar-refractivity contribution in [3.63, 3.8) is 0 Å². The van der Waals surface area contributed by atoms with Crippen LogP contribution in [0.25, 0.3) is 0 Å². The molecular formula is C17H26N2O. The maximum atomic E-state index is 11.9. The van der Waals surface area contributed by atoms with E-state index in [-0.39, 0.29) is 11.3 Å². The molecule has 0 bridgehead atoms. The zero-order valence-corrected chi connectivity index (χ0v) is 12.5. The molecule has 1 aliphatic carbocycles. The van der Waals surface area contributed by atoms with Crippen molar-refractivity contribution in [3.05, 3.63) is 35.9 Å². The van der Waals surface area contributed by atoms with Gasteiger partial charge in [-0.3, -0.25) is 4.79 Å². The van der Waals surface area contributed by atoms with Crippen LogP contribution in [-0.4, -0.2) is 26.0 Å². The van der Waals surface area contributed by atoms with Crippen molar-refractivity contribution in [1.82, 2.24) is 10.6 Å². The van der Waals surface area contributed by atoms with Crippen LogP contribution in [0.1, 0.15) is 44.1 Å². The lowest BCUT2D eigenvalue weighted by atomic mass is 9.79. The van der Waals surface area contributed by atoms with Crippen molar-refractivity contribution in [3.8, 4) is 0 Å². The van der Waals surface area contributed by atoms with Crippen LogP contribution in [0.15, 0.2) is 30.3 Å². The molecule has 0 saturated heterocycles. The van der Waals surface area contributed by atoms with Crippen LogP contribution >= 0.6 is 0 Å². The van der Waals surface area contributed by atoms with E-state index >= 15 is 0 Å². The van der Waals surface area contributed by atoms with Crippen molar-refractivity contribution in [2.24, 2.45) is 0 Å². The van der Waals surface area contributed by atoms with Gasteiger partial charge in [0.2, 0.25) is 5.91 Å². The third kappa shape index (κ3) is 3.83.